The maximum Gasteiger partial charge on any atom is 0.247 e. The number of pyridine rings is 1. The summed E-state index contributed by atoms with van der Waals surface area (Å²) in [6.45, 7) is 3.32. The summed E-state index contributed by atoms with van der Waals surface area (Å²) in [5, 5.41) is 3.20. The van der Waals surface area contributed by atoms with E-state index in [1.165, 1.54) is 0 Å². The highest BCUT2D eigenvalue weighted by atomic mass is 35.5. The lowest BCUT2D eigenvalue weighted by Crippen LogP contribution is -2.45. The van der Waals surface area contributed by atoms with Crippen molar-refractivity contribution in [2.24, 2.45) is 0 Å². The average Bonchev–Trinajstić information content (AvgIpc) is 2.72. The summed E-state index contributed by atoms with van der Waals surface area (Å²) >= 11 is 6.07. The van der Waals surface area contributed by atoms with Crippen LogP contribution in [0.2, 0.25) is 5.02 Å². The number of halogens is 1. The summed E-state index contributed by atoms with van der Waals surface area (Å²) in [5.41, 5.74) is 3.90. The van der Waals surface area contributed by atoms with Gasteiger partial charge in [0, 0.05) is 23.1 Å². The van der Waals surface area contributed by atoms with Crippen molar-refractivity contribution in [1.82, 2.24) is 4.98 Å². The fourth-order valence-corrected chi connectivity index (χ4v) is 4.68. The highest BCUT2D eigenvalue weighted by Crippen LogP contribution is 2.28. The molecule has 6 nitrogen and oxygen atoms in total. The Balaban J connectivity index is 1.77. The van der Waals surface area contributed by atoms with E-state index in [1.807, 2.05) is 24.3 Å². The molecule has 3 aromatic rings. The molecule has 0 unspecified atom stereocenters. The van der Waals surface area contributed by atoms with Crippen molar-refractivity contribution in [2.45, 2.75) is 26.3 Å². The Labute approximate surface area is 187 Å². The SMILES string of the molecule is Cc1ccc(Cl)cc1N([C@@H](C)C(=O)Nc1ccc(Cc2ccncc2)cc1)S(C)(=O)=O. The highest BCUT2D eigenvalue weighted by Gasteiger charge is 2.30. The van der Waals surface area contributed by atoms with Gasteiger partial charge in [0.15, 0.2) is 0 Å². The third-order valence-corrected chi connectivity index (χ3v) is 6.34. The number of anilines is 2. The Morgan fingerprint density at radius 1 is 1.06 bits per heavy atom. The van der Waals surface area contributed by atoms with E-state index in [9.17, 15) is 13.2 Å². The van der Waals surface area contributed by atoms with Gasteiger partial charge in [0.05, 0.1) is 11.9 Å². The summed E-state index contributed by atoms with van der Waals surface area (Å²) in [6.07, 6.45) is 5.33. The zero-order valence-corrected chi connectivity index (χ0v) is 19.1. The minimum atomic E-state index is -3.73. The summed E-state index contributed by atoms with van der Waals surface area (Å²) in [6, 6.07) is 15.4. The molecular weight excluding hydrogens is 434 g/mol. The van der Waals surface area contributed by atoms with Crippen molar-refractivity contribution in [2.75, 3.05) is 15.9 Å². The van der Waals surface area contributed by atoms with E-state index < -0.39 is 22.0 Å². The fraction of sp³-hybridized carbons (Fsp3) is 0.217. The van der Waals surface area contributed by atoms with Crippen LogP contribution in [-0.4, -0.2) is 31.6 Å². The molecule has 1 aromatic heterocycles. The fourth-order valence-electron chi connectivity index (χ4n) is 3.29. The third kappa shape index (κ3) is 5.83. The van der Waals surface area contributed by atoms with Crippen LogP contribution >= 0.6 is 11.6 Å². The Morgan fingerprint density at radius 2 is 1.68 bits per heavy atom. The van der Waals surface area contributed by atoms with E-state index in [2.05, 4.69) is 10.3 Å². The van der Waals surface area contributed by atoms with Crippen LogP contribution in [0.3, 0.4) is 0 Å². The predicted molar refractivity (Wildman–Crippen MR) is 125 cm³/mol. The molecule has 1 N–H and O–H groups in total. The standard InChI is InChI=1S/C23H24ClN3O3S/c1-16-4-7-20(24)15-22(16)27(31(3,29)30)17(2)23(28)26-21-8-5-18(6-9-21)14-19-10-12-25-13-11-19/h4-13,15,17H,14H2,1-3H3,(H,26,28)/t17-/m0/s1. The van der Waals surface area contributed by atoms with Crippen LogP contribution in [-0.2, 0) is 21.2 Å². The lowest BCUT2D eigenvalue weighted by Gasteiger charge is -2.29. The normalized spacial score (nSPS) is 12.3. The Morgan fingerprint density at radius 3 is 2.29 bits per heavy atom. The number of nitrogens with one attached hydrogen (secondary N) is 1. The van der Waals surface area contributed by atoms with Crippen molar-refractivity contribution in [3.63, 3.8) is 0 Å². The smallest absolute Gasteiger partial charge is 0.247 e. The molecule has 0 aliphatic rings. The summed E-state index contributed by atoms with van der Waals surface area (Å²) < 4.78 is 26.1. The van der Waals surface area contributed by atoms with Crippen LogP contribution in [0.15, 0.2) is 67.0 Å². The molecule has 1 atom stereocenters. The molecule has 8 heteroatoms. The maximum absolute atomic E-state index is 12.9. The number of sulfonamides is 1. The van der Waals surface area contributed by atoms with Crippen LogP contribution in [0.1, 0.15) is 23.6 Å². The second-order valence-corrected chi connectivity index (χ2v) is 9.68. The quantitative estimate of drug-likeness (QED) is 0.569. The monoisotopic (exact) mass is 457 g/mol. The van der Waals surface area contributed by atoms with Crippen LogP contribution in [0.25, 0.3) is 0 Å². The van der Waals surface area contributed by atoms with Crippen molar-refractivity contribution >= 4 is 38.9 Å². The van der Waals surface area contributed by atoms with E-state index in [0.29, 0.717) is 22.0 Å². The molecule has 0 bridgehead atoms. The second-order valence-electron chi connectivity index (χ2n) is 7.38. The first kappa shape index (κ1) is 22.8. The Kier molecular flexibility index (Phi) is 6.97. The number of aryl methyl sites for hydroxylation is 1. The Hall–Kier alpha value is -2.90. The van der Waals surface area contributed by atoms with Crippen molar-refractivity contribution in [3.05, 3.63) is 88.7 Å². The number of benzene rings is 2. The van der Waals surface area contributed by atoms with Crippen LogP contribution in [0, 0.1) is 6.92 Å². The number of nitrogens with zero attached hydrogens (tertiary/aromatic N) is 2. The number of hydrogen-bond acceptors (Lipinski definition) is 4. The van der Waals surface area contributed by atoms with Gasteiger partial charge in [0.25, 0.3) is 0 Å². The van der Waals surface area contributed by atoms with Crippen LogP contribution in [0.5, 0.6) is 0 Å². The molecule has 0 saturated carbocycles. The third-order valence-electron chi connectivity index (χ3n) is 4.88. The van der Waals surface area contributed by atoms with Crippen LogP contribution in [0.4, 0.5) is 11.4 Å². The first-order valence-electron chi connectivity index (χ1n) is 9.69. The molecule has 0 spiro atoms. The van der Waals surface area contributed by atoms with Gasteiger partial charge < -0.3 is 5.32 Å². The molecule has 0 radical (unpaired) electrons. The first-order chi connectivity index (χ1) is 14.6. The Bertz CT molecular complexity index is 1170. The van der Waals surface area contributed by atoms with E-state index >= 15 is 0 Å². The lowest BCUT2D eigenvalue weighted by atomic mass is 10.1. The molecule has 0 fully saturated rings. The molecular formula is C23H24ClN3O3S. The van der Waals surface area contributed by atoms with E-state index in [0.717, 1.165) is 28.1 Å². The highest BCUT2D eigenvalue weighted by molar-refractivity contribution is 7.92. The average molecular weight is 458 g/mol. The van der Waals surface area contributed by atoms with Gasteiger partial charge in [-0.25, -0.2) is 8.42 Å². The van der Waals surface area contributed by atoms with Gasteiger partial charge in [-0.2, -0.15) is 0 Å². The maximum atomic E-state index is 12.9. The molecule has 1 heterocycles. The van der Waals surface area contributed by atoms with Gasteiger partial charge in [-0.05, 0) is 73.4 Å². The minimum absolute atomic E-state index is 0.380. The summed E-state index contributed by atoms with van der Waals surface area (Å²) in [5.74, 6) is -0.438. The van der Waals surface area contributed by atoms with E-state index in [-0.39, 0.29) is 0 Å². The predicted octanol–water partition coefficient (Wildman–Crippen LogP) is 4.43. The summed E-state index contributed by atoms with van der Waals surface area (Å²) in [4.78, 5) is 16.9. The van der Waals surface area contributed by atoms with Crippen molar-refractivity contribution in [3.8, 4) is 0 Å². The van der Waals surface area contributed by atoms with E-state index in [1.54, 1.807) is 56.6 Å². The zero-order valence-electron chi connectivity index (χ0n) is 17.5. The van der Waals surface area contributed by atoms with Crippen LogP contribution < -0.4 is 9.62 Å². The molecule has 2 aromatic carbocycles. The molecule has 0 aliphatic carbocycles. The molecule has 1 amide bonds. The first-order valence-corrected chi connectivity index (χ1v) is 11.9. The number of hydrogen-bond donors (Lipinski definition) is 1. The minimum Gasteiger partial charge on any atom is -0.324 e. The molecule has 0 saturated heterocycles. The molecule has 0 aliphatic heterocycles. The zero-order chi connectivity index (χ0) is 22.6. The van der Waals surface area contributed by atoms with Gasteiger partial charge in [-0.15, -0.1) is 0 Å². The number of aromatic nitrogens is 1. The van der Waals surface area contributed by atoms with Gasteiger partial charge >= 0.3 is 0 Å². The number of amides is 1. The largest absolute Gasteiger partial charge is 0.324 e. The topological polar surface area (TPSA) is 79.4 Å². The van der Waals surface area contributed by atoms with Crippen molar-refractivity contribution in [1.29, 1.82) is 0 Å². The second kappa shape index (κ2) is 9.49. The van der Waals surface area contributed by atoms with E-state index in [4.69, 9.17) is 11.6 Å². The van der Waals surface area contributed by atoms with Gasteiger partial charge in [-0.1, -0.05) is 29.8 Å². The van der Waals surface area contributed by atoms with Crippen molar-refractivity contribution < 1.29 is 13.2 Å². The molecule has 31 heavy (non-hydrogen) atoms. The lowest BCUT2D eigenvalue weighted by molar-refractivity contribution is -0.116. The number of carbonyl (C=O) groups excluding carboxylic acids is 1. The van der Waals surface area contributed by atoms with Gasteiger partial charge in [0.1, 0.15) is 6.04 Å². The van der Waals surface area contributed by atoms with Gasteiger partial charge in [0.2, 0.25) is 15.9 Å². The van der Waals surface area contributed by atoms with Gasteiger partial charge in [-0.3, -0.25) is 14.1 Å². The summed E-state index contributed by atoms with van der Waals surface area (Å²) in [7, 11) is -3.73. The molecule has 162 valence electrons. The number of carbonyl (C=O) groups is 1. The molecule has 3 rings (SSSR count). The number of rotatable bonds is 7.